The lowest BCUT2D eigenvalue weighted by atomic mass is 9.95. The Morgan fingerprint density at radius 2 is 1.97 bits per heavy atom. The first-order valence-electron chi connectivity index (χ1n) is 11.9. The number of hydrogen-bond donors (Lipinski definition) is 3. The molecule has 1 aromatic carbocycles. The maximum absolute atomic E-state index is 13.3. The van der Waals surface area contributed by atoms with E-state index in [0.717, 1.165) is 18.9 Å². The number of benzene rings is 1. The Morgan fingerprint density at radius 1 is 1.21 bits per heavy atom. The van der Waals surface area contributed by atoms with E-state index >= 15 is 0 Å². The van der Waals surface area contributed by atoms with Crippen LogP contribution >= 0.6 is 0 Å². The Labute approximate surface area is 214 Å². The summed E-state index contributed by atoms with van der Waals surface area (Å²) in [5.74, 6) is -1.05. The van der Waals surface area contributed by atoms with Crippen molar-refractivity contribution >= 4 is 23.3 Å². The van der Waals surface area contributed by atoms with E-state index in [2.05, 4.69) is 20.0 Å². The van der Waals surface area contributed by atoms with Gasteiger partial charge in [0.2, 0.25) is 5.91 Å². The van der Waals surface area contributed by atoms with Crippen molar-refractivity contribution in [3.8, 4) is 16.9 Å². The second-order valence-corrected chi connectivity index (χ2v) is 9.19. The van der Waals surface area contributed by atoms with Gasteiger partial charge in [-0.05, 0) is 67.1 Å². The van der Waals surface area contributed by atoms with E-state index < -0.39 is 30.2 Å². The molecule has 198 valence electrons. The fourth-order valence-electron chi connectivity index (χ4n) is 4.61. The van der Waals surface area contributed by atoms with E-state index in [-0.39, 0.29) is 41.9 Å². The van der Waals surface area contributed by atoms with Crippen LogP contribution in [0.2, 0.25) is 0 Å². The summed E-state index contributed by atoms with van der Waals surface area (Å²) in [7, 11) is 0. The van der Waals surface area contributed by atoms with Crippen LogP contribution in [0.15, 0.2) is 41.5 Å². The molecule has 0 saturated heterocycles. The highest BCUT2D eigenvalue weighted by atomic mass is 19.4. The highest BCUT2D eigenvalue weighted by molar-refractivity contribution is 6.08. The molecule has 2 aromatic heterocycles. The lowest BCUT2D eigenvalue weighted by molar-refractivity contribution is -0.274. The third-order valence-electron chi connectivity index (χ3n) is 6.68. The Balaban J connectivity index is 1.50. The molecule has 1 saturated carbocycles. The highest BCUT2D eigenvalue weighted by Crippen LogP contribution is 2.36. The number of ether oxygens (including phenoxy) is 1. The number of aliphatic hydroxyl groups excluding tert-OH is 1. The molecule has 2 amide bonds. The number of carbonyl (C=O) groups excluding carboxylic acids is 2. The molecule has 12 heteroatoms. The SMILES string of the molecule is Cc1c(-c2ccnc(N3CCc4cc(OC(F)(F)F)ccc4C3=O)c2CO)c[nH]c(=O)c1NC(=O)C1CC1. The molecular formula is C26H23F3N4O5. The van der Waals surface area contributed by atoms with Gasteiger partial charge in [-0.2, -0.15) is 0 Å². The molecule has 0 atom stereocenters. The second-order valence-electron chi connectivity index (χ2n) is 9.19. The zero-order valence-electron chi connectivity index (χ0n) is 20.2. The van der Waals surface area contributed by atoms with Crippen LogP contribution in [-0.2, 0) is 17.8 Å². The van der Waals surface area contributed by atoms with Gasteiger partial charge < -0.3 is 20.1 Å². The van der Waals surface area contributed by atoms with E-state index in [1.54, 1.807) is 13.0 Å². The normalized spacial score (nSPS) is 15.3. The van der Waals surface area contributed by atoms with Gasteiger partial charge in [-0.1, -0.05) is 0 Å². The lowest BCUT2D eigenvalue weighted by Crippen LogP contribution is -2.39. The molecule has 0 spiro atoms. The summed E-state index contributed by atoms with van der Waals surface area (Å²) in [6.45, 7) is 1.30. The number of nitrogens with one attached hydrogen (secondary N) is 2. The summed E-state index contributed by atoms with van der Waals surface area (Å²) < 4.78 is 41.8. The molecule has 1 fully saturated rings. The number of rotatable bonds is 6. The van der Waals surface area contributed by atoms with Crippen LogP contribution in [0.5, 0.6) is 5.75 Å². The summed E-state index contributed by atoms with van der Waals surface area (Å²) in [6, 6.07) is 5.17. The van der Waals surface area contributed by atoms with Crippen LogP contribution in [0.1, 0.15) is 39.9 Å². The first kappa shape index (κ1) is 25.5. The standard InChI is InChI=1S/C26H23F3N4O5/c1-13-19(11-31-24(36)21(13)32-23(35)14-2-3-14)18-6-8-30-22(20(18)12-34)33-9-7-15-10-16(38-26(27,28)29)4-5-17(15)25(33)37/h4-6,8,10-11,14,34H,2-3,7,9,12H2,1H3,(H,31,36)(H,32,35). The van der Waals surface area contributed by atoms with E-state index in [1.807, 2.05) is 0 Å². The zero-order valence-corrected chi connectivity index (χ0v) is 20.2. The molecule has 0 unspecified atom stereocenters. The van der Waals surface area contributed by atoms with Crippen molar-refractivity contribution in [3.63, 3.8) is 0 Å². The maximum Gasteiger partial charge on any atom is 0.573 e. The summed E-state index contributed by atoms with van der Waals surface area (Å²) in [4.78, 5) is 46.4. The minimum absolute atomic E-state index is 0.109. The van der Waals surface area contributed by atoms with Gasteiger partial charge >= 0.3 is 6.36 Å². The fraction of sp³-hybridized carbons (Fsp3) is 0.308. The van der Waals surface area contributed by atoms with Gasteiger partial charge in [-0.15, -0.1) is 13.2 Å². The third kappa shape index (κ3) is 4.86. The summed E-state index contributed by atoms with van der Waals surface area (Å²) in [5.41, 5.74) is 2.09. The third-order valence-corrected chi connectivity index (χ3v) is 6.68. The Bertz CT molecular complexity index is 1500. The number of amides is 2. The van der Waals surface area contributed by atoms with Crippen LogP contribution in [0.25, 0.3) is 11.1 Å². The van der Waals surface area contributed by atoms with E-state index in [1.165, 1.54) is 29.4 Å². The molecule has 1 aliphatic heterocycles. The molecule has 3 heterocycles. The van der Waals surface area contributed by atoms with Gasteiger partial charge in [0, 0.05) is 41.5 Å². The van der Waals surface area contributed by atoms with Crippen molar-refractivity contribution < 1.29 is 32.6 Å². The van der Waals surface area contributed by atoms with Gasteiger partial charge in [-0.25, -0.2) is 4.98 Å². The molecule has 3 aromatic rings. The number of hydrogen-bond acceptors (Lipinski definition) is 6. The summed E-state index contributed by atoms with van der Waals surface area (Å²) >= 11 is 0. The Kier molecular flexibility index (Phi) is 6.43. The van der Waals surface area contributed by atoms with Gasteiger partial charge in [0.15, 0.2) is 0 Å². The number of halogens is 3. The average molecular weight is 528 g/mol. The quantitative estimate of drug-likeness (QED) is 0.448. The van der Waals surface area contributed by atoms with Gasteiger partial charge in [0.25, 0.3) is 11.5 Å². The number of nitrogens with zero attached hydrogens (tertiary/aromatic N) is 2. The number of fused-ring (bicyclic) bond motifs is 1. The second kappa shape index (κ2) is 9.60. The zero-order chi connectivity index (χ0) is 27.2. The van der Waals surface area contributed by atoms with Crippen LogP contribution in [0, 0.1) is 12.8 Å². The van der Waals surface area contributed by atoms with Crippen LogP contribution in [0.4, 0.5) is 24.7 Å². The lowest BCUT2D eigenvalue weighted by Gasteiger charge is -2.30. The van der Waals surface area contributed by atoms with Crippen molar-refractivity contribution in [2.45, 2.75) is 39.2 Å². The largest absolute Gasteiger partial charge is 0.573 e. The van der Waals surface area contributed by atoms with E-state index in [4.69, 9.17) is 0 Å². The first-order chi connectivity index (χ1) is 18.1. The molecule has 38 heavy (non-hydrogen) atoms. The van der Waals surface area contributed by atoms with Crippen LogP contribution < -0.4 is 20.5 Å². The molecule has 1 aliphatic carbocycles. The number of pyridine rings is 2. The number of aromatic amines is 1. The van der Waals surface area contributed by atoms with Crippen molar-refractivity contribution in [2.75, 3.05) is 16.8 Å². The molecular weight excluding hydrogens is 505 g/mol. The molecule has 3 N–H and O–H groups in total. The van der Waals surface area contributed by atoms with Crippen LogP contribution in [-0.4, -0.2) is 39.8 Å². The topological polar surface area (TPSA) is 125 Å². The van der Waals surface area contributed by atoms with Crippen LogP contribution in [0.3, 0.4) is 0 Å². The molecule has 2 aliphatic rings. The predicted molar refractivity (Wildman–Crippen MR) is 131 cm³/mol. The summed E-state index contributed by atoms with van der Waals surface area (Å²) in [6.07, 6.45) is -0.136. The average Bonchev–Trinajstić information content (AvgIpc) is 3.71. The predicted octanol–water partition coefficient (Wildman–Crippen LogP) is 3.69. The number of aromatic nitrogens is 2. The number of carbonyl (C=O) groups is 2. The number of alkyl halides is 3. The minimum Gasteiger partial charge on any atom is -0.406 e. The van der Waals surface area contributed by atoms with E-state index in [9.17, 15) is 32.7 Å². The number of aliphatic hydroxyl groups is 1. The number of anilines is 2. The fourth-order valence-corrected chi connectivity index (χ4v) is 4.61. The minimum atomic E-state index is -4.85. The molecule has 9 nitrogen and oxygen atoms in total. The monoisotopic (exact) mass is 528 g/mol. The van der Waals surface area contributed by atoms with Gasteiger partial charge in [0.05, 0.1) is 6.61 Å². The maximum atomic E-state index is 13.3. The van der Waals surface area contributed by atoms with Crippen molar-refractivity contribution in [3.05, 3.63) is 69.3 Å². The van der Waals surface area contributed by atoms with Crippen molar-refractivity contribution in [1.82, 2.24) is 9.97 Å². The molecule has 0 radical (unpaired) electrons. The molecule has 5 rings (SSSR count). The number of H-pyrrole nitrogens is 1. The smallest absolute Gasteiger partial charge is 0.406 e. The van der Waals surface area contributed by atoms with Crippen molar-refractivity contribution in [1.29, 1.82) is 0 Å². The van der Waals surface area contributed by atoms with Gasteiger partial charge in [0.1, 0.15) is 17.3 Å². The Morgan fingerprint density at radius 3 is 2.66 bits per heavy atom. The summed E-state index contributed by atoms with van der Waals surface area (Å²) in [5, 5.41) is 13.0. The first-order valence-corrected chi connectivity index (χ1v) is 11.9. The van der Waals surface area contributed by atoms with Crippen molar-refractivity contribution in [2.24, 2.45) is 5.92 Å². The van der Waals surface area contributed by atoms with Gasteiger partial charge in [-0.3, -0.25) is 19.3 Å². The Hall–Kier alpha value is -4.19. The highest BCUT2D eigenvalue weighted by Gasteiger charge is 2.34. The van der Waals surface area contributed by atoms with E-state index in [0.29, 0.717) is 27.8 Å². The molecule has 0 bridgehead atoms.